The Balaban J connectivity index is 1.69. The molecule has 3 rings (SSSR count). The fourth-order valence-electron chi connectivity index (χ4n) is 3.17. The molecule has 2 aliphatic heterocycles. The smallest absolute Gasteiger partial charge is 0.214 e. The molecule has 0 N–H and O–H groups in total. The van der Waals surface area contributed by atoms with Crippen LogP contribution in [0.2, 0.25) is 0 Å². The van der Waals surface area contributed by atoms with Crippen molar-refractivity contribution in [2.24, 2.45) is 0 Å². The molecule has 0 radical (unpaired) electrons. The molecule has 0 aromatic carbocycles. The van der Waals surface area contributed by atoms with Gasteiger partial charge in [-0.25, -0.2) is 4.98 Å². The molecule has 2 fully saturated rings. The SMILES string of the molecule is CN1C2CCC1CC(Oc1cccc(C#N)n1)C2. The Hall–Kier alpha value is -1.60. The minimum Gasteiger partial charge on any atom is -0.474 e. The summed E-state index contributed by atoms with van der Waals surface area (Å²) >= 11 is 0. The van der Waals surface area contributed by atoms with Crippen molar-refractivity contribution in [3.8, 4) is 11.9 Å². The van der Waals surface area contributed by atoms with E-state index in [1.807, 2.05) is 18.2 Å². The Labute approximate surface area is 107 Å². The summed E-state index contributed by atoms with van der Waals surface area (Å²) in [5.41, 5.74) is 0.420. The number of aromatic nitrogens is 1. The van der Waals surface area contributed by atoms with Crippen molar-refractivity contribution in [1.82, 2.24) is 9.88 Å². The summed E-state index contributed by atoms with van der Waals surface area (Å²) in [7, 11) is 2.22. The molecular formula is C14H17N3O. The van der Waals surface area contributed by atoms with Crippen molar-refractivity contribution in [3.63, 3.8) is 0 Å². The van der Waals surface area contributed by atoms with Crippen molar-refractivity contribution >= 4 is 0 Å². The topological polar surface area (TPSA) is 49.1 Å². The molecule has 3 heterocycles. The zero-order valence-corrected chi connectivity index (χ0v) is 10.5. The molecule has 94 valence electrons. The van der Waals surface area contributed by atoms with Crippen LogP contribution in [0.1, 0.15) is 31.4 Å². The van der Waals surface area contributed by atoms with Gasteiger partial charge >= 0.3 is 0 Å². The molecule has 2 saturated heterocycles. The first-order chi connectivity index (χ1) is 8.76. The Morgan fingerprint density at radius 1 is 1.33 bits per heavy atom. The Kier molecular flexibility index (Phi) is 2.92. The minimum absolute atomic E-state index is 0.250. The normalized spacial score (nSPS) is 31.0. The summed E-state index contributed by atoms with van der Waals surface area (Å²) in [4.78, 5) is 6.66. The Bertz CT molecular complexity index is 468. The van der Waals surface area contributed by atoms with Crippen molar-refractivity contribution < 1.29 is 4.74 Å². The second kappa shape index (κ2) is 4.58. The number of ether oxygens (including phenoxy) is 1. The van der Waals surface area contributed by atoms with Gasteiger partial charge < -0.3 is 9.64 Å². The van der Waals surface area contributed by atoms with Crippen LogP contribution >= 0.6 is 0 Å². The van der Waals surface area contributed by atoms with Crippen molar-refractivity contribution in [1.29, 1.82) is 5.26 Å². The lowest BCUT2D eigenvalue weighted by Gasteiger charge is -2.36. The predicted octanol–water partition coefficient (Wildman–Crippen LogP) is 1.96. The van der Waals surface area contributed by atoms with E-state index in [0.717, 1.165) is 12.8 Å². The van der Waals surface area contributed by atoms with E-state index >= 15 is 0 Å². The van der Waals surface area contributed by atoms with Gasteiger partial charge in [0, 0.05) is 18.2 Å². The number of piperidine rings is 1. The average molecular weight is 243 g/mol. The molecule has 0 aliphatic carbocycles. The second-order valence-corrected chi connectivity index (χ2v) is 5.23. The minimum atomic E-state index is 0.250. The second-order valence-electron chi connectivity index (χ2n) is 5.23. The van der Waals surface area contributed by atoms with Gasteiger partial charge in [-0.05, 0) is 38.8 Å². The first-order valence-corrected chi connectivity index (χ1v) is 6.52. The maximum Gasteiger partial charge on any atom is 0.214 e. The molecule has 2 unspecified atom stereocenters. The van der Waals surface area contributed by atoms with Gasteiger partial charge in [-0.15, -0.1) is 0 Å². The van der Waals surface area contributed by atoms with Crippen LogP contribution in [0, 0.1) is 11.3 Å². The molecule has 2 atom stereocenters. The van der Waals surface area contributed by atoms with Crippen LogP contribution in [0.3, 0.4) is 0 Å². The number of hydrogen-bond acceptors (Lipinski definition) is 4. The van der Waals surface area contributed by atoms with Gasteiger partial charge in [-0.3, -0.25) is 0 Å². The standard InChI is InChI=1S/C14H17N3O/c1-17-11-5-6-12(17)8-13(7-11)18-14-4-2-3-10(9-15)16-14/h2-4,11-13H,5-8H2,1H3. The quantitative estimate of drug-likeness (QED) is 0.796. The Morgan fingerprint density at radius 3 is 2.72 bits per heavy atom. The summed E-state index contributed by atoms with van der Waals surface area (Å²) < 4.78 is 5.94. The number of rotatable bonds is 2. The van der Waals surface area contributed by atoms with Gasteiger partial charge in [0.25, 0.3) is 0 Å². The van der Waals surface area contributed by atoms with Crippen LogP contribution in [0.5, 0.6) is 5.88 Å². The monoisotopic (exact) mass is 243 g/mol. The summed E-state index contributed by atoms with van der Waals surface area (Å²) in [5.74, 6) is 0.586. The van der Waals surface area contributed by atoms with E-state index in [0.29, 0.717) is 23.7 Å². The lowest BCUT2D eigenvalue weighted by Crippen LogP contribution is -2.43. The van der Waals surface area contributed by atoms with Crippen molar-refractivity contribution in [2.45, 2.75) is 43.9 Å². The van der Waals surface area contributed by atoms with Crippen LogP contribution in [-0.2, 0) is 0 Å². The highest BCUT2D eigenvalue weighted by Crippen LogP contribution is 2.35. The molecule has 4 nitrogen and oxygen atoms in total. The highest BCUT2D eigenvalue weighted by molar-refractivity contribution is 5.25. The summed E-state index contributed by atoms with van der Waals surface area (Å²) in [6, 6.07) is 8.72. The molecule has 0 spiro atoms. The number of nitriles is 1. The Morgan fingerprint density at radius 2 is 2.06 bits per heavy atom. The van der Waals surface area contributed by atoms with Gasteiger partial charge in [0.15, 0.2) is 0 Å². The first kappa shape index (κ1) is 11.5. The lowest BCUT2D eigenvalue weighted by atomic mass is 10.0. The van der Waals surface area contributed by atoms with Crippen LogP contribution < -0.4 is 4.74 Å². The third-order valence-corrected chi connectivity index (χ3v) is 4.18. The van der Waals surface area contributed by atoms with Crippen LogP contribution in [0.15, 0.2) is 18.2 Å². The molecule has 1 aromatic rings. The largest absolute Gasteiger partial charge is 0.474 e. The third kappa shape index (κ3) is 2.06. The lowest BCUT2D eigenvalue weighted by molar-refractivity contribution is 0.0632. The van der Waals surface area contributed by atoms with E-state index < -0.39 is 0 Å². The molecule has 2 bridgehead atoms. The summed E-state index contributed by atoms with van der Waals surface area (Å²) in [6.07, 6.45) is 4.97. The number of nitrogens with zero attached hydrogens (tertiary/aromatic N) is 3. The highest BCUT2D eigenvalue weighted by atomic mass is 16.5. The molecule has 1 aromatic heterocycles. The predicted molar refractivity (Wildman–Crippen MR) is 67.2 cm³/mol. The fraction of sp³-hybridized carbons (Fsp3) is 0.571. The molecule has 2 aliphatic rings. The third-order valence-electron chi connectivity index (χ3n) is 4.18. The van der Waals surface area contributed by atoms with E-state index in [-0.39, 0.29) is 6.10 Å². The van der Waals surface area contributed by atoms with E-state index in [1.165, 1.54) is 12.8 Å². The van der Waals surface area contributed by atoms with E-state index in [2.05, 4.69) is 16.9 Å². The van der Waals surface area contributed by atoms with E-state index in [1.54, 1.807) is 6.07 Å². The average Bonchev–Trinajstić information content (AvgIpc) is 2.62. The number of pyridine rings is 1. The van der Waals surface area contributed by atoms with Gasteiger partial charge in [0.2, 0.25) is 5.88 Å². The van der Waals surface area contributed by atoms with Crippen LogP contribution in [-0.4, -0.2) is 35.1 Å². The number of hydrogen-bond donors (Lipinski definition) is 0. The maximum absolute atomic E-state index is 8.82. The van der Waals surface area contributed by atoms with Crippen LogP contribution in [0.4, 0.5) is 0 Å². The van der Waals surface area contributed by atoms with Crippen molar-refractivity contribution in [3.05, 3.63) is 23.9 Å². The van der Waals surface area contributed by atoms with Crippen molar-refractivity contribution in [2.75, 3.05) is 7.05 Å². The van der Waals surface area contributed by atoms with Gasteiger partial charge in [0.05, 0.1) is 0 Å². The zero-order valence-electron chi connectivity index (χ0n) is 10.5. The molecule has 0 amide bonds. The van der Waals surface area contributed by atoms with Crippen LogP contribution in [0.25, 0.3) is 0 Å². The maximum atomic E-state index is 8.82. The summed E-state index contributed by atoms with van der Waals surface area (Å²) in [5, 5.41) is 8.82. The van der Waals surface area contributed by atoms with Gasteiger partial charge in [-0.2, -0.15) is 5.26 Å². The first-order valence-electron chi connectivity index (χ1n) is 6.52. The molecule has 18 heavy (non-hydrogen) atoms. The molecule has 4 heteroatoms. The zero-order chi connectivity index (χ0) is 12.5. The molecule has 0 saturated carbocycles. The summed E-state index contributed by atoms with van der Waals surface area (Å²) in [6.45, 7) is 0. The highest BCUT2D eigenvalue weighted by Gasteiger charge is 2.39. The number of fused-ring (bicyclic) bond motifs is 2. The van der Waals surface area contributed by atoms with Gasteiger partial charge in [-0.1, -0.05) is 6.07 Å². The van der Waals surface area contributed by atoms with Gasteiger partial charge in [0.1, 0.15) is 17.9 Å². The van der Waals surface area contributed by atoms with E-state index in [9.17, 15) is 0 Å². The molecular weight excluding hydrogens is 226 g/mol. The fourth-order valence-corrected chi connectivity index (χ4v) is 3.17. The van der Waals surface area contributed by atoms with E-state index in [4.69, 9.17) is 10.00 Å².